The van der Waals surface area contributed by atoms with E-state index in [2.05, 4.69) is 20.0 Å². The molecule has 1 saturated carbocycles. The summed E-state index contributed by atoms with van der Waals surface area (Å²) < 4.78 is 81.0. The Labute approximate surface area is 154 Å². The summed E-state index contributed by atoms with van der Waals surface area (Å²) in [4.78, 5) is -0.345. The first-order valence-electron chi connectivity index (χ1n) is 7.61. The molecule has 1 aromatic carbocycles. The highest BCUT2D eigenvalue weighted by molar-refractivity contribution is 7.89. The van der Waals surface area contributed by atoms with E-state index >= 15 is 0 Å². The number of rotatable bonds is 4. The predicted octanol–water partition coefficient (Wildman–Crippen LogP) is 2.87. The topological polar surface area (TPSA) is 89.8 Å². The molecule has 0 amide bonds. The lowest BCUT2D eigenvalue weighted by molar-refractivity contribution is -0.138. The molecule has 7 nitrogen and oxygen atoms in total. The van der Waals surface area contributed by atoms with E-state index in [9.17, 15) is 26.0 Å². The monoisotopic (exact) mass is 421 g/mol. The van der Waals surface area contributed by atoms with Crippen LogP contribution in [0.25, 0.3) is 16.0 Å². The fourth-order valence-electron chi connectivity index (χ4n) is 2.46. The van der Waals surface area contributed by atoms with Crippen LogP contribution >= 0.6 is 11.3 Å². The van der Waals surface area contributed by atoms with Crippen molar-refractivity contribution in [2.24, 2.45) is 0 Å². The highest BCUT2D eigenvalue weighted by Gasteiger charge is 2.41. The van der Waals surface area contributed by atoms with Gasteiger partial charge in [0.25, 0.3) is 0 Å². The minimum atomic E-state index is -4.68. The van der Waals surface area contributed by atoms with Crippen LogP contribution in [0.2, 0.25) is 0 Å². The van der Waals surface area contributed by atoms with Gasteiger partial charge in [0.05, 0.1) is 22.0 Å². The maximum Gasteiger partial charge on any atom is 0.445 e. The molecule has 1 aliphatic rings. The molecule has 0 saturated heterocycles. The summed E-state index contributed by atoms with van der Waals surface area (Å²) in [6.07, 6.45) is -2.26. The van der Waals surface area contributed by atoms with Crippen molar-refractivity contribution in [1.82, 2.24) is 24.7 Å². The Morgan fingerprint density at radius 3 is 2.56 bits per heavy atom. The van der Waals surface area contributed by atoms with E-state index in [1.54, 1.807) is 6.92 Å². The average molecular weight is 421 g/mol. The van der Waals surface area contributed by atoms with Gasteiger partial charge in [-0.25, -0.2) is 22.2 Å². The zero-order chi connectivity index (χ0) is 19.6. The molecule has 0 bridgehead atoms. The van der Waals surface area contributed by atoms with E-state index in [0.717, 1.165) is 23.0 Å². The van der Waals surface area contributed by atoms with Gasteiger partial charge >= 0.3 is 6.18 Å². The Bertz CT molecular complexity index is 1150. The number of halogens is 4. The number of nitrogens with one attached hydrogen (secondary N) is 1. The fourth-order valence-corrected chi connectivity index (χ4v) is 4.64. The first kappa shape index (κ1) is 18.3. The Balaban J connectivity index is 1.82. The first-order valence-corrected chi connectivity index (χ1v) is 9.91. The number of hydrogen-bond donors (Lipinski definition) is 1. The average Bonchev–Trinajstić information content (AvgIpc) is 2.99. The Morgan fingerprint density at radius 1 is 1.26 bits per heavy atom. The van der Waals surface area contributed by atoms with Gasteiger partial charge in [-0.05, 0) is 31.9 Å². The van der Waals surface area contributed by atoms with Gasteiger partial charge < -0.3 is 0 Å². The Morgan fingerprint density at radius 2 is 1.96 bits per heavy atom. The number of aromatic nitrogens is 4. The van der Waals surface area contributed by atoms with Crippen molar-refractivity contribution in [1.29, 1.82) is 0 Å². The molecule has 2 aromatic heterocycles. The molecule has 3 aromatic rings. The molecule has 1 fully saturated rings. The molecule has 2 heterocycles. The molecular weight excluding hydrogens is 410 g/mol. The predicted molar refractivity (Wildman–Crippen MR) is 87.5 cm³/mol. The highest BCUT2D eigenvalue weighted by Crippen LogP contribution is 2.37. The second-order valence-corrected chi connectivity index (χ2v) is 9.09. The molecule has 0 radical (unpaired) electrons. The van der Waals surface area contributed by atoms with Crippen LogP contribution in [0.15, 0.2) is 23.2 Å². The van der Waals surface area contributed by atoms with Gasteiger partial charge in [-0.3, -0.25) is 0 Å². The summed E-state index contributed by atoms with van der Waals surface area (Å²) >= 11 is 0.217. The van der Waals surface area contributed by atoms with E-state index in [0.29, 0.717) is 12.8 Å². The Hall–Kier alpha value is -2.12. The molecule has 0 aliphatic heterocycles. The van der Waals surface area contributed by atoms with Crippen LogP contribution < -0.4 is 4.72 Å². The van der Waals surface area contributed by atoms with Gasteiger partial charge in [0.2, 0.25) is 20.2 Å². The minimum absolute atomic E-state index is 0.0267. The lowest BCUT2D eigenvalue weighted by Crippen LogP contribution is -2.34. The standard InChI is InChI=1S/C14H11F4N5O2S2/c1-13(2-3-13)22-27(24,25)7-4-9(15)8-6-19-23(10(8)5-7)12-21-20-11(26-12)14(16,17)18/h4-6,22H,2-3H2,1H3. The van der Waals surface area contributed by atoms with Crippen LogP contribution in [-0.4, -0.2) is 33.9 Å². The van der Waals surface area contributed by atoms with Crippen LogP contribution in [0, 0.1) is 5.82 Å². The van der Waals surface area contributed by atoms with Gasteiger partial charge in [-0.2, -0.15) is 18.3 Å². The zero-order valence-corrected chi connectivity index (χ0v) is 15.2. The normalized spacial score (nSPS) is 16.8. The molecule has 0 unspecified atom stereocenters. The number of nitrogens with zero attached hydrogens (tertiary/aromatic N) is 4. The van der Waals surface area contributed by atoms with Gasteiger partial charge in [-0.15, -0.1) is 10.2 Å². The van der Waals surface area contributed by atoms with Crippen LogP contribution in [0.4, 0.5) is 17.6 Å². The van der Waals surface area contributed by atoms with E-state index < -0.39 is 32.6 Å². The summed E-state index contributed by atoms with van der Waals surface area (Å²) in [5.74, 6) is -0.861. The molecule has 144 valence electrons. The third kappa shape index (κ3) is 3.30. The number of hydrogen-bond acceptors (Lipinski definition) is 6. The largest absolute Gasteiger partial charge is 0.445 e. The quantitative estimate of drug-likeness (QED) is 0.655. The second-order valence-electron chi connectivity index (χ2n) is 6.45. The number of benzene rings is 1. The summed E-state index contributed by atoms with van der Waals surface area (Å²) in [7, 11) is -4.01. The molecule has 0 atom stereocenters. The lowest BCUT2D eigenvalue weighted by atomic mass is 10.2. The molecule has 4 rings (SSSR count). The highest BCUT2D eigenvalue weighted by atomic mass is 32.2. The van der Waals surface area contributed by atoms with Crippen molar-refractivity contribution >= 4 is 32.3 Å². The molecule has 0 spiro atoms. The summed E-state index contributed by atoms with van der Waals surface area (Å²) in [5, 5.41) is 8.83. The molecule has 1 aliphatic carbocycles. The SMILES string of the molecule is CC1(NS(=O)(=O)c2cc(F)c3cnn(-c4nnc(C(F)(F)F)s4)c3c2)CC1. The fraction of sp³-hybridized carbons (Fsp3) is 0.357. The number of sulfonamides is 1. The van der Waals surface area contributed by atoms with Gasteiger partial charge in [0, 0.05) is 5.54 Å². The summed E-state index contributed by atoms with van der Waals surface area (Å²) in [6.45, 7) is 1.73. The third-order valence-corrected chi connectivity index (χ3v) is 6.70. The van der Waals surface area contributed by atoms with Crippen LogP contribution in [0.1, 0.15) is 24.8 Å². The minimum Gasteiger partial charge on any atom is -0.207 e. The lowest BCUT2D eigenvalue weighted by Gasteiger charge is -2.12. The number of alkyl halides is 3. The van der Waals surface area contributed by atoms with Crippen molar-refractivity contribution in [3.8, 4) is 5.13 Å². The second kappa shape index (κ2) is 5.69. The number of fused-ring (bicyclic) bond motifs is 1. The molecule has 1 N–H and O–H groups in total. The maximum atomic E-state index is 14.4. The van der Waals surface area contributed by atoms with E-state index in [1.807, 2.05) is 0 Å². The van der Waals surface area contributed by atoms with E-state index in [1.165, 1.54) is 0 Å². The molecule has 27 heavy (non-hydrogen) atoms. The van der Waals surface area contributed by atoms with Crippen molar-refractivity contribution < 1.29 is 26.0 Å². The zero-order valence-electron chi connectivity index (χ0n) is 13.6. The smallest absolute Gasteiger partial charge is 0.207 e. The van der Waals surface area contributed by atoms with Crippen molar-refractivity contribution in [2.45, 2.75) is 36.4 Å². The van der Waals surface area contributed by atoms with Crippen LogP contribution in [0.3, 0.4) is 0 Å². The maximum absolute atomic E-state index is 14.4. The van der Waals surface area contributed by atoms with E-state index in [4.69, 9.17) is 0 Å². The van der Waals surface area contributed by atoms with Gasteiger partial charge in [-0.1, -0.05) is 11.3 Å². The van der Waals surface area contributed by atoms with Crippen LogP contribution in [-0.2, 0) is 16.2 Å². The van der Waals surface area contributed by atoms with Gasteiger partial charge in [0.1, 0.15) is 5.82 Å². The van der Waals surface area contributed by atoms with Crippen molar-refractivity contribution in [2.75, 3.05) is 0 Å². The van der Waals surface area contributed by atoms with E-state index in [-0.39, 0.29) is 32.3 Å². The summed E-state index contributed by atoms with van der Waals surface area (Å²) in [6, 6.07) is 2.00. The molecule has 13 heteroatoms. The van der Waals surface area contributed by atoms with Crippen LogP contribution in [0.5, 0.6) is 0 Å². The first-order chi connectivity index (χ1) is 12.5. The third-order valence-electron chi connectivity index (χ3n) is 4.14. The molecular formula is C14H11F4N5O2S2. The van der Waals surface area contributed by atoms with Crippen molar-refractivity contribution in [3.05, 3.63) is 29.2 Å². The Kier molecular flexibility index (Phi) is 3.85. The van der Waals surface area contributed by atoms with Crippen molar-refractivity contribution in [3.63, 3.8) is 0 Å². The van der Waals surface area contributed by atoms with Gasteiger partial charge in [0.15, 0.2) is 0 Å². The summed E-state index contributed by atoms with van der Waals surface area (Å²) in [5.41, 5.74) is -0.591.